The average Bonchev–Trinajstić information content (AvgIpc) is 3.06. The maximum atomic E-state index is 14.3. The zero-order chi connectivity index (χ0) is 20.0. The highest BCUT2D eigenvalue weighted by atomic mass is 19.1. The molecule has 2 N–H and O–H groups in total. The summed E-state index contributed by atoms with van der Waals surface area (Å²) in [6, 6.07) is 5.19. The zero-order valence-corrected chi connectivity index (χ0v) is 15.7. The Bertz CT molecular complexity index is 1060. The number of amides is 1. The van der Waals surface area contributed by atoms with Crippen molar-refractivity contribution in [1.82, 2.24) is 14.6 Å². The second-order valence-corrected chi connectivity index (χ2v) is 7.26. The van der Waals surface area contributed by atoms with E-state index in [9.17, 15) is 13.6 Å². The van der Waals surface area contributed by atoms with Crippen LogP contribution in [-0.2, 0) is 4.79 Å². The van der Waals surface area contributed by atoms with Crippen LogP contribution in [0.1, 0.15) is 29.3 Å². The summed E-state index contributed by atoms with van der Waals surface area (Å²) in [5.41, 5.74) is 9.13. The molecule has 2 atom stereocenters. The molecule has 0 unspecified atom stereocenters. The number of aryl methyl sites for hydroxylation is 2. The van der Waals surface area contributed by atoms with E-state index in [4.69, 9.17) is 5.73 Å². The van der Waals surface area contributed by atoms with Crippen molar-refractivity contribution in [2.24, 2.45) is 11.7 Å². The number of carbonyl (C=O) groups is 1. The molecule has 0 aliphatic carbocycles. The monoisotopic (exact) mass is 385 g/mol. The Balaban J connectivity index is 1.70. The number of hydrogen-bond donors (Lipinski definition) is 1. The zero-order valence-electron chi connectivity index (χ0n) is 15.7. The fourth-order valence-corrected chi connectivity index (χ4v) is 3.98. The van der Waals surface area contributed by atoms with Crippen LogP contribution in [0.2, 0.25) is 0 Å². The first kappa shape index (κ1) is 18.5. The van der Waals surface area contributed by atoms with E-state index in [1.165, 1.54) is 0 Å². The van der Waals surface area contributed by atoms with Crippen LogP contribution in [-0.4, -0.2) is 33.6 Å². The number of nitrogens with zero attached hydrogens (tertiary/aromatic N) is 4. The van der Waals surface area contributed by atoms with E-state index in [-0.39, 0.29) is 30.4 Å². The summed E-state index contributed by atoms with van der Waals surface area (Å²) in [4.78, 5) is 19.0. The summed E-state index contributed by atoms with van der Waals surface area (Å²) in [5, 5.41) is 4.42. The minimum Gasteiger partial charge on any atom is -0.330 e. The first-order valence-corrected chi connectivity index (χ1v) is 9.16. The predicted molar refractivity (Wildman–Crippen MR) is 101 cm³/mol. The first-order chi connectivity index (χ1) is 13.4. The lowest BCUT2D eigenvalue weighted by atomic mass is 9.79. The Morgan fingerprint density at radius 1 is 1.25 bits per heavy atom. The standard InChI is InChI=1S/C20H21F2N5O/c1-11-5-19-24-9-18(12(2)27(19)25-11)26-10-13(8-23)15(7-20(26)28)16-6-14(21)3-4-17(16)22/h3-6,9,13,15H,7-8,10,23H2,1-2H3/t13-,15-/m0/s1. The molecular weight excluding hydrogens is 364 g/mol. The van der Waals surface area contributed by atoms with Gasteiger partial charge in [0.2, 0.25) is 5.91 Å². The van der Waals surface area contributed by atoms with Gasteiger partial charge in [0.25, 0.3) is 0 Å². The van der Waals surface area contributed by atoms with Gasteiger partial charge < -0.3 is 10.6 Å². The van der Waals surface area contributed by atoms with Crippen LogP contribution >= 0.6 is 0 Å². The quantitative estimate of drug-likeness (QED) is 0.752. The van der Waals surface area contributed by atoms with Crippen LogP contribution in [0.3, 0.4) is 0 Å². The van der Waals surface area contributed by atoms with Crippen molar-refractivity contribution in [2.75, 3.05) is 18.0 Å². The largest absolute Gasteiger partial charge is 0.330 e. The van der Waals surface area contributed by atoms with Crippen LogP contribution in [0.15, 0.2) is 30.5 Å². The van der Waals surface area contributed by atoms with Crippen molar-refractivity contribution in [1.29, 1.82) is 0 Å². The van der Waals surface area contributed by atoms with E-state index in [0.29, 0.717) is 17.9 Å². The maximum absolute atomic E-state index is 14.3. The third-order valence-electron chi connectivity index (χ3n) is 5.45. The molecule has 0 saturated carbocycles. The lowest BCUT2D eigenvalue weighted by molar-refractivity contribution is -0.120. The molecule has 0 bridgehead atoms. The molecule has 1 aliphatic rings. The molecule has 146 valence electrons. The van der Waals surface area contributed by atoms with Crippen molar-refractivity contribution in [3.63, 3.8) is 0 Å². The Hall–Kier alpha value is -2.87. The number of hydrogen-bond acceptors (Lipinski definition) is 4. The normalized spacial score (nSPS) is 20.2. The molecule has 8 heteroatoms. The Kier molecular flexibility index (Phi) is 4.58. The highest BCUT2D eigenvalue weighted by Crippen LogP contribution is 2.37. The topological polar surface area (TPSA) is 76.5 Å². The van der Waals surface area contributed by atoms with Crippen LogP contribution in [0.5, 0.6) is 0 Å². The summed E-state index contributed by atoms with van der Waals surface area (Å²) in [5.74, 6) is -1.89. The van der Waals surface area contributed by atoms with Gasteiger partial charge in [0.05, 0.1) is 23.3 Å². The third kappa shape index (κ3) is 3.03. The van der Waals surface area contributed by atoms with Gasteiger partial charge in [0, 0.05) is 24.9 Å². The van der Waals surface area contributed by atoms with Gasteiger partial charge in [-0.05, 0) is 50.1 Å². The molecule has 1 aliphatic heterocycles. The van der Waals surface area contributed by atoms with E-state index in [1.807, 2.05) is 19.9 Å². The molecule has 1 fully saturated rings. The van der Waals surface area contributed by atoms with Crippen molar-refractivity contribution in [3.8, 4) is 0 Å². The number of benzene rings is 1. The molecule has 0 radical (unpaired) electrons. The second kappa shape index (κ2) is 6.94. The predicted octanol–water partition coefficient (Wildman–Crippen LogP) is 2.72. The fraction of sp³-hybridized carbons (Fsp3) is 0.350. The summed E-state index contributed by atoms with van der Waals surface area (Å²) >= 11 is 0. The highest BCUT2D eigenvalue weighted by molar-refractivity contribution is 5.95. The summed E-state index contributed by atoms with van der Waals surface area (Å²) in [6.45, 7) is 4.31. The van der Waals surface area contributed by atoms with Crippen LogP contribution < -0.4 is 10.6 Å². The number of piperidine rings is 1. The van der Waals surface area contributed by atoms with E-state index >= 15 is 0 Å². The Labute approximate surface area is 161 Å². The molecule has 28 heavy (non-hydrogen) atoms. The third-order valence-corrected chi connectivity index (χ3v) is 5.45. The number of anilines is 1. The van der Waals surface area contributed by atoms with Gasteiger partial charge in [-0.2, -0.15) is 5.10 Å². The van der Waals surface area contributed by atoms with Crippen LogP contribution in [0.25, 0.3) is 5.65 Å². The molecule has 3 aromatic rings. The molecule has 1 aromatic carbocycles. The van der Waals surface area contributed by atoms with Gasteiger partial charge in [-0.15, -0.1) is 0 Å². The lowest BCUT2D eigenvalue weighted by Crippen LogP contribution is -2.46. The van der Waals surface area contributed by atoms with E-state index in [0.717, 1.165) is 29.6 Å². The van der Waals surface area contributed by atoms with Gasteiger partial charge in [-0.1, -0.05) is 0 Å². The second-order valence-electron chi connectivity index (χ2n) is 7.26. The Morgan fingerprint density at radius 2 is 2.04 bits per heavy atom. The molecular formula is C20H21F2N5O. The van der Waals surface area contributed by atoms with Gasteiger partial charge in [-0.3, -0.25) is 4.79 Å². The first-order valence-electron chi connectivity index (χ1n) is 9.16. The number of aromatic nitrogens is 3. The van der Waals surface area contributed by atoms with E-state index in [1.54, 1.807) is 15.6 Å². The summed E-state index contributed by atoms with van der Waals surface area (Å²) < 4.78 is 29.7. The number of carbonyl (C=O) groups excluding carboxylic acids is 1. The molecule has 3 heterocycles. The van der Waals surface area contributed by atoms with Crippen molar-refractivity contribution in [2.45, 2.75) is 26.2 Å². The van der Waals surface area contributed by atoms with Gasteiger partial charge in [0.15, 0.2) is 5.65 Å². The van der Waals surface area contributed by atoms with E-state index in [2.05, 4.69) is 10.1 Å². The number of halogens is 2. The van der Waals surface area contributed by atoms with Gasteiger partial charge in [-0.25, -0.2) is 18.3 Å². The number of rotatable bonds is 3. The van der Waals surface area contributed by atoms with Crippen LogP contribution in [0.4, 0.5) is 14.5 Å². The lowest BCUT2D eigenvalue weighted by Gasteiger charge is -2.38. The molecule has 0 spiro atoms. The minimum absolute atomic E-state index is 0.0534. The summed E-state index contributed by atoms with van der Waals surface area (Å²) in [6.07, 6.45) is 1.71. The maximum Gasteiger partial charge on any atom is 0.227 e. The van der Waals surface area contributed by atoms with E-state index < -0.39 is 17.6 Å². The molecule has 1 saturated heterocycles. The minimum atomic E-state index is -0.526. The smallest absolute Gasteiger partial charge is 0.227 e. The number of nitrogens with two attached hydrogens (primary N) is 1. The summed E-state index contributed by atoms with van der Waals surface area (Å²) in [7, 11) is 0. The van der Waals surface area contributed by atoms with Crippen molar-refractivity contribution < 1.29 is 13.6 Å². The number of fused-ring (bicyclic) bond motifs is 1. The van der Waals surface area contributed by atoms with Gasteiger partial charge >= 0.3 is 0 Å². The highest BCUT2D eigenvalue weighted by Gasteiger charge is 2.37. The average molecular weight is 385 g/mol. The molecule has 4 rings (SSSR count). The van der Waals surface area contributed by atoms with Crippen molar-refractivity contribution in [3.05, 3.63) is 59.0 Å². The molecule has 1 amide bonds. The SMILES string of the molecule is Cc1cc2ncc(N3C[C@H](CN)[C@@H](c4cc(F)ccc4F)CC3=O)c(C)n2n1. The Morgan fingerprint density at radius 3 is 2.79 bits per heavy atom. The molecule has 2 aromatic heterocycles. The van der Waals surface area contributed by atoms with Crippen molar-refractivity contribution >= 4 is 17.2 Å². The molecule has 6 nitrogen and oxygen atoms in total. The van der Waals surface area contributed by atoms with Crippen LogP contribution in [0, 0.1) is 31.4 Å². The van der Waals surface area contributed by atoms with Gasteiger partial charge in [0.1, 0.15) is 11.6 Å². The fourth-order valence-electron chi connectivity index (χ4n) is 3.98.